The third-order valence-corrected chi connectivity index (χ3v) is 2.67. The lowest BCUT2D eigenvalue weighted by molar-refractivity contribution is 0.145. The SMILES string of the molecule is CCOCCCNC(=NC)NCc1nc(C)c(C)o1. The number of nitrogens with zero attached hydrogens (tertiary/aromatic N) is 2. The highest BCUT2D eigenvalue weighted by atomic mass is 16.5. The summed E-state index contributed by atoms with van der Waals surface area (Å²) in [5.41, 5.74) is 0.927. The molecule has 0 radical (unpaired) electrons. The van der Waals surface area contributed by atoms with Crippen LogP contribution < -0.4 is 10.6 Å². The largest absolute Gasteiger partial charge is 0.444 e. The molecule has 0 amide bonds. The number of oxazole rings is 1. The second-order valence-corrected chi connectivity index (χ2v) is 4.15. The number of rotatable bonds is 7. The van der Waals surface area contributed by atoms with Gasteiger partial charge in [0.25, 0.3) is 0 Å². The maximum Gasteiger partial charge on any atom is 0.214 e. The van der Waals surface area contributed by atoms with Gasteiger partial charge in [-0.3, -0.25) is 4.99 Å². The van der Waals surface area contributed by atoms with E-state index in [9.17, 15) is 0 Å². The number of ether oxygens (including phenoxy) is 1. The van der Waals surface area contributed by atoms with Gasteiger partial charge in [0, 0.05) is 26.8 Å². The van der Waals surface area contributed by atoms with Crippen molar-refractivity contribution in [2.45, 2.75) is 33.7 Å². The van der Waals surface area contributed by atoms with Crippen LogP contribution in [0.1, 0.15) is 30.7 Å². The second kappa shape index (κ2) is 8.53. The molecule has 0 aliphatic rings. The third-order valence-electron chi connectivity index (χ3n) is 2.67. The van der Waals surface area contributed by atoms with E-state index >= 15 is 0 Å². The lowest BCUT2D eigenvalue weighted by atomic mass is 10.4. The van der Waals surface area contributed by atoms with Crippen molar-refractivity contribution in [2.24, 2.45) is 4.99 Å². The second-order valence-electron chi connectivity index (χ2n) is 4.15. The van der Waals surface area contributed by atoms with Crippen LogP contribution in [0.25, 0.3) is 0 Å². The Kier molecular flexibility index (Phi) is 6.95. The molecule has 0 aliphatic heterocycles. The summed E-state index contributed by atoms with van der Waals surface area (Å²) in [4.78, 5) is 8.44. The first-order chi connectivity index (χ1) is 9.17. The fourth-order valence-electron chi connectivity index (χ4n) is 1.52. The van der Waals surface area contributed by atoms with Crippen LogP contribution in [-0.4, -0.2) is 37.7 Å². The molecule has 0 fully saturated rings. The number of aromatic nitrogens is 1. The van der Waals surface area contributed by atoms with Crippen LogP contribution in [0.15, 0.2) is 9.41 Å². The molecule has 6 heteroatoms. The molecule has 2 N–H and O–H groups in total. The Balaban J connectivity index is 2.25. The Hall–Kier alpha value is -1.56. The van der Waals surface area contributed by atoms with Gasteiger partial charge >= 0.3 is 0 Å². The Labute approximate surface area is 114 Å². The lowest BCUT2D eigenvalue weighted by Crippen LogP contribution is -2.37. The molecular weight excluding hydrogens is 244 g/mol. The van der Waals surface area contributed by atoms with Crippen molar-refractivity contribution in [3.8, 4) is 0 Å². The molecule has 108 valence electrons. The van der Waals surface area contributed by atoms with Crippen LogP contribution >= 0.6 is 0 Å². The van der Waals surface area contributed by atoms with E-state index in [4.69, 9.17) is 9.15 Å². The molecule has 19 heavy (non-hydrogen) atoms. The average Bonchev–Trinajstić information content (AvgIpc) is 2.72. The minimum atomic E-state index is 0.528. The van der Waals surface area contributed by atoms with Crippen molar-refractivity contribution >= 4 is 5.96 Å². The van der Waals surface area contributed by atoms with Gasteiger partial charge in [-0.2, -0.15) is 0 Å². The summed E-state index contributed by atoms with van der Waals surface area (Å²) in [6.07, 6.45) is 0.950. The van der Waals surface area contributed by atoms with Gasteiger partial charge in [0.15, 0.2) is 5.96 Å². The van der Waals surface area contributed by atoms with Crippen LogP contribution in [-0.2, 0) is 11.3 Å². The molecule has 6 nitrogen and oxygen atoms in total. The van der Waals surface area contributed by atoms with Gasteiger partial charge < -0.3 is 19.8 Å². The molecule has 1 heterocycles. The van der Waals surface area contributed by atoms with Gasteiger partial charge in [-0.1, -0.05) is 0 Å². The summed E-state index contributed by atoms with van der Waals surface area (Å²) in [6, 6.07) is 0. The summed E-state index contributed by atoms with van der Waals surface area (Å²) in [7, 11) is 1.74. The highest BCUT2D eigenvalue weighted by Crippen LogP contribution is 2.07. The summed E-state index contributed by atoms with van der Waals surface area (Å²) >= 11 is 0. The molecule has 0 atom stereocenters. The molecule has 0 saturated heterocycles. The van der Waals surface area contributed by atoms with Crippen molar-refractivity contribution in [3.63, 3.8) is 0 Å². The summed E-state index contributed by atoms with van der Waals surface area (Å²) < 4.78 is 10.8. The van der Waals surface area contributed by atoms with Crippen LogP contribution in [0.4, 0.5) is 0 Å². The van der Waals surface area contributed by atoms with Gasteiger partial charge in [-0.15, -0.1) is 0 Å². The minimum Gasteiger partial charge on any atom is -0.444 e. The molecule has 0 spiro atoms. The third kappa shape index (κ3) is 5.74. The van der Waals surface area contributed by atoms with Crippen molar-refractivity contribution in [2.75, 3.05) is 26.8 Å². The average molecular weight is 268 g/mol. The topological polar surface area (TPSA) is 71.7 Å². The zero-order chi connectivity index (χ0) is 14.1. The first kappa shape index (κ1) is 15.5. The highest BCUT2D eigenvalue weighted by molar-refractivity contribution is 5.79. The Morgan fingerprint density at radius 1 is 1.37 bits per heavy atom. The zero-order valence-electron chi connectivity index (χ0n) is 12.2. The Bertz CT molecular complexity index is 382. The molecule has 0 aromatic carbocycles. The zero-order valence-corrected chi connectivity index (χ0v) is 12.2. The normalized spacial score (nSPS) is 11.7. The highest BCUT2D eigenvalue weighted by Gasteiger charge is 2.05. The van der Waals surface area contributed by atoms with Crippen LogP contribution in [0.2, 0.25) is 0 Å². The standard InChI is InChI=1S/C13H24N4O2/c1-5-18-8-6-7-15-13(14-4)16-9-12-17-10(2)11(3)19-12/h5-9H2,1-4H3,(H2,14,15,16). The maximum absolute atomic E-state index is 5.49. The van der Waals surface area contributed by atoms with Crippen LogP contribution in [0.3, 0.4) is 0 Å². The summed E-state index contributed by atoms with van der Waals surface area (Å²) in [5, 5.41) is 6.37. The summed E-state index contributed by atoms with van der Waals surface area (Å²) in [5.74, 6) is 2.27. The first-order valence-corrected chi connectivity index (χ1v) is 6.62. The van der Waals surface area contributed by atoms with E-state index in [1.165, 1.54) is 0 Å². The maximum atomic E-state index is 5.49. The van der Waals surface area contributed by atoms with E-state index < -0.39 is 0 Å². The van der Waals surface area contributed by atoms with Crippen molar-refractivity contribution in [1.29, 1.82) is 0 Å². The molecule has 1 aromatic rings. The van der Waals surface area contributed by atoms with Crippen molar-refractivity contribution in [3.05, 3.63) is 17.3 Å². The monoisotopic (exact) mass is 268 g/mol. The van der Waals surface area contributed by atoms with E-state index in [-0.39, 0.29) is 0 Å². The molecule has 0 saturated carbocycles. The number of aliphatic imine (C=N–C) groups is 1. The van der Waals surface area contributed by atoms with E-state index in [1.807, 2.05) is 20.8 Å². The van der Waals surface area contributed by atoms with Crippen molar-refractivity contribution < 1.29 is 9.15 Å². The lowest BCUT2D eigenvalue weighted by Gasteiger charge is -2.10. The quantitative estimate of drug-likeness (QED) is 0.444. The van der Waals surface area contributed by atoms with Gasteiger partial charge in [0.05, 0.1) is 12.2 Å². The van der Waals surface area contributed by atoms with Crippen LogP contribution in [0, 0.1) is 13.8 Å². The number of guanidine groups is 1. The fraction of sp³-hybridized carbons (Fsp3) is 0.692. The molecule has 0 unspecified atom stereocenters. The smallest absolute Gasteiger partial charge is 0.214 e. The molecule has 0 aliphatic carbocycles. The van der Waals surface area contributed by atoms with Crippen molar-refractivity contribution in [1.82, 2.24) is 15.6 Å². The van der Waals surface area contributed by atoms with Gasteiger partial charge in [-0.05, 0) is 27.2 Å². The van der Waals surface area contributed by atoms with Gasteiger partial charge in [0.2, 0.25) is 5.89 Å². The molecular formula is C13H24N4O2. The number of hydrogen-bond donors (Lipinski definition) is 2. The van der Waals surface area contributed by atoms with E-state index in [0.717, 1.165) is 43.6 Å². The Morgan fingerprint density at radius 2 is 2.16 bits per heavy atom. The predicted octanol–water partition coefficient (Wildman–Crippen LogP) is 1.38. The van der Waals surface area contributed by atoms with Gasteiger partial charge in [-0.25, -0.2) is 4.98 Å². The fourth-order valence-corrected chi connectivity index (χ4v) is 1.52. The number of hydrogen-bond acceptors (Lipinski definition) is 4. The van der Waals surface area contributed by atoms with Gasteiger partial charge in [0.1, 0.15) is 5.76 Å². The molecule has 1 aromatic heterocycles. The van der Waals surface area contributed by atoms with Crippen LogP contribution in [0.5, 0.6) is 0 Å². The minimum absolute atomic E-state index is 0.528. The molecule has 1 rings (SSSR count). The van der Waals surface area contributed by atoms with E-state index in [0.29, 0.717) is 12.4 Å². The van der Waals surface area contributed by atoms with E-state index in [1.54, 1.807) is 7.05 Å². The number of nitrogens with one attached hydrogen (secondary N) is 2. The summed E-state index contributed by atoms with van der Waals surface area (Å²) in [6.45, 7) is 8.71. The van der Waals surface area contributed by atoms with E-state index in [2.05, 4.69) is 20.6 Å². The Morgan fingerprint density at radius 3 is 2.74 bits per heavy atom. The number of aryl methyl sites for hydroxylation is 2. The molecule has 0 bridgehead atoms. The predicted molar refractivity (Wildman–Crippen MR) is 75.3 cm³/mol. The first-order valence-electron chi connectivity index (χ1n) is 6.62.